The Labute approximate surface area is 374 Å². The molecule has 64 heavy (non-hydrogen) atoms. The van der Waals surface area contributed by atoms with E-state index in [4.69, 9.17) is 71.1 Å². The van der Waals surface area contributed by atoms with Crippen LogP contribution in [0.3, 0.4) is 0 Å². The Balaban J connectivity index is 2.75. The third-order valence-electron chi connectivity index (χ3n) is 8.22. The molecule has 13 atom stereocenters. The number of ether oxygens (including phenoxy) is 15. The summed E-state index contributed by atoms with van der Waals surface area (Å²) in [5.41, 5.74) is 0. The van der Waals surface area contributed by atoms with E-state index in [2.05, 4.69) is 15.9 Å². The SMILES string of the molecule is CC(=O)OCCO[C@H](Br)C(OC(C)=O)C(CO[C@H]1OC(COC(C)=O)[C@@H](O[C@H]2OC(COC(C)=O)[C@@H](OC(C)=O)C(OC(C)=O)C2OC(C)=O)C(OC(C)=O)C1OC(C)=O)OC(C)=O. The summed E-state index contributed by atoms with van der Waals surface area (Å²) >= 11 is 3.22. The summed E-state index contributed by atoms with van der Waals surface area (Å²) in [6, 6.07) is 0. The largest absolute Gasteiger partial charge is 0.463 e. The number of hydrogen-bond donors (Lipinski definition) is 0. The van der Waals surface area contributed by atoms with Crippen molar-refractivity contribution in [2.45, 2.75) is 148 Å². The van der Waals surface area contributed by atoms with Gasteiger partial charge in [-0.05, 0) is 0 Å². The average molecular weight is 990 g/mol. The summed E-state index contributed by atoms with van der Waals surface area (Å²) < 4.78 is 83.8. The molecule has 2 fully saturated rings. The van der Waals surface area contributed by atoms with Crippen molar-refractivity contribution in [3.8, 4) is 0 Å². The molecule has 0 aliphatic carbocycles. The standard InChI is InChI=1S/C38H53BrO25/c1-16(40)50-11-12-51-36(39)31(57-21(6)45)28(55-19(4)43)15-54-37-34(60-24(9)48)33(59-23(8)47)30(27(62-37)14-53-18(3)42)64-38-35(61-25(10)49)32(58-22(7)46)29(56-20(5)44)26(63-38)13-52-17(2)41/h26-38H,11-15H2,1-10H3/t26?,27?,28?,29-,30-,31?,32?,33?,34?,35?,36+,37+,38-/m1/s1. The molecule has 2 saturated heterocycles. The highest BCUT2D eigenvalue weighted by Gasteiger charge is 2.58. The minimum absolute atomic E-state index is 0.207. The summed E-state index contributed by atoms with van der Waals surface area (Å²) in [6.07, 6.45) is -20.5. The van der Waals surface area contributed by atoms with Crippen molar-refractivity contribution in [2.24, 2.45) is 0 Å². The van der Waals surface area contributed by atoms with Crippen molar-refractivity contribution in [2.75, 3.05) is 33.0 Å². The maximum Gasteiger partial charge on any atom is 0.303 e. The molecule has 8 unspecified atom stereocenters. The van der Waals surface area contributed by atoms with Gasteiger partial charge < -0.3 is 71.1 Å². The maximum atomic E-state index is 12.8. The second-order valence-electron chi connectivity index (χ2n) is 13.8. The molecule has 0 N–H and O–H groups in total. The fourth-order valence-electron chi connectivity index (χ4n) is 6.14. The van der Waals surface area contributed by atoms with Gasteiger partial charge in [0.2, 0.25) is 0 Å². The van der Waals surface area contributed by atoms with Crippen LogP contribution >= 0.6 is 15.9 Å². The first-order chi connectivity index (χ1) is 29.9. The summed E-state index contributed by atoms with van der Waals surface area (Å²) in [4.78, 5) is 123. The maximum absolute atomic E-state index is 12.8. The lowest BCUT2D eigenvalue weighted by Gasteiger charge is -2.48. The lowest BCUT2D eigenvalue weighted by molar-refractivity contribution is -0.362. The number of carbonyl (C=O) groups is 10. The molecule has 25 nitrogen and oxygen atoms in total. The predicted octanol–water partition coefficient (Wildman–Crippen LogP) is -0.213. The number of alkyl halides is 1. The number of halogens is 1. The van der Waals surface area contributed by atoms with Crippen molar-refractivity contribution in [3.63, 3.8) is 0 Å². The zero-order valence-electron chi connectivity index (χ0n) is 36.6. The first kappa shape index (κ1) is 55.1. The molecule has 26 heteroatoms. The molecule has 0 amide bonds. The Morgan fingerprint density at radius 2 is 0.859 bits per heavy atom. The first-order valence-electron chi connectivity index (χ1n) is 19.3. The minimum atomic E-state index is -1.93. The lowest BCUT2D eigenvalue weighted by Crippen LogP contribution is -2.67. The molecule has 0 radical (unpaired) electrons. The summed E-state index contributed by atoms with van der Waals surface area (Å²) in [6.45, 7) is 7.74. The normalized spacial score (nSPS) is 26.5. The molecule has 2 heterocycles. The highest BCUT2D eigenvalue weighted by atomic mass is 79.9. The topological polar surface area (TPSA) is 309 Å². The molecular formula is C38H53BrO25. The van der Waals surface area contributed by atoms with E-state index in [0.717, 1.165) is 62.3 Å². The van der Waals surface area contributed by atoms with E-state index in [1.165, 1.54) is 6.92 Å². The number of carbonyl (C=O) groups excluding carboxylic acids is 10. The molecule has 0 aromatic rings. The molecule has 2 aliphatic rings. The van der Waals surface area contributed by atoms with Crippen molar-refractivity contribution in [1.82, 2.24) is 0 Å². The fourth-order valence-corrected chi connectivity index (χ4v) is 6.77. The Bertz CT molecular complexity index is 1670. The second kappa shape index (κ2) is 26.7. The molecule has 0 aromatic heterocycles. The van der Waals surface area contributed by atoms with Crippen LogP contribution in [0.15, 0.2) is 0 Å². The van der Waals surface area contributed by atoms with Gasteiger partial charge in [-0.2, -0.15) is 0 Å². The number of hydrogen-bond acceptors (Lipinski definition) is 25. The highest BCUT2D eigenvalue weighted by Crippen LogP contribution is 2.36. The second-order valence-corrected chi connectivity index (χ2v) is 14.7. The van der Waals surface area contributed by atoms with Crippen LogP contribution in [0.2, 0.25) is 0 Å². The van der Waals surface area contributed by atoms with Crippen LogP contribution in [-0.2, 0) is 119 Å². The van der Waals surface area contributed by atoms with Crippen molar-refractivity contribution >= 4 is 75.6 Å². The summed E-state index contributed by atoms with van der Waals surface area (Å²) in [7, 11) is 0. The molecular weight excluding hydrogens is 936 g/mol. The molecule has 0 spiro atoms. The Morgan fingerprint density at radius 3 is 1.31 bits per heavy atom. The van der Waals surface area contributed by atoms with E-state index in [9.17, 15) is 47.9 Å². The smallest absolute Gasteiger partial charge is 0.303 e. The monoisotopic (exact) mass is 988 g/mol. The molecule has 0 aromatic carbocycles. The van der Waals surface area contributed by atoms with Gasteiger partial charge in [-0.3, -0.25) is 47.9 Å². The molecule has 362 valence electrons. The number of esters is 10. The quantitative estimate of drug-likeness (QED) is 0.0586. The van der Waals surface area contributed by atoms with E-state index in [0.29, 0.717) is 0 Å². The van der Waals surface area contributed by atoms with Crippen LogP contribution in [-0.4, -0.2) is 171 Å². The van der Waals surface area contributed by atoms with Crippen molar-refractivity contribution < 1.29 is 119 Å². The van der Waals surface area contributed by atoms with Gasteiger partial charge in [0, 0.05) is 69.2 Å². The van der Waals surface area contributed by atoms with E-state index in [-0.39, 0.29) is 13.2 Å². The van der Waals surface area contributed by atoms with Crippen LogP contribution in [0.5, 0.6) is 0 Å². The minimum Gasteiger partial charge on any atom is -0.463 e. The lowest BCUT2D eigenvalue weighted by atomic mass is 9.96. The fraction of sp³-hybridized carbons (Fsp3) is 0.737. The third-order valence-corrected chi connectivity index (χ3v) is 9.01. The zero-order chi connectivity index (χ0) is 48.4. The average Bonchev–Trinajstić information content (AvgIpc) is 3.15. The predicted molar refractivity (Wildman–Crippen MR) is 206 cm³/mol. The summed E-state index contributed by atoms with van der Waals surface area (Å²) in [5.74, 6) is -8.90. The van der Waals surface area contributed by atoms with Gasteiger partial charge in [-0.25, -0.2) is 0 Å². The van der Waals surface area contributed by atoms with Crippen LogP contribution in [0.25, 0.3) is 0 Å². The highest BCUT2D eigenvalue weighted by molar-refractivity contribution is 9.09. The Morgan fingerprint density at radius 1 is 0.453 bits per heavy atom. The van der Waals surface area contributed by atoms with E-state index >= 15 is 0 Å². The summed E-state index contributed by atoms with van der Waals surface area (Å²) in [5, 5.41) is -1.23. The number of rotatable bonds is 22. The first-order valence-corrected chi connectivity index (χ1v) is 20.3. The zero-order valence-corrected chi connectivity index (χ0v) is 38.2. The van der Waals surface area contributed by atoms with Crippen LogP contribution in [0.1, 0.15) is 69.2 Å². The van der Waals surface area contributed by atoms with Crippen molar-refractivity contribution in [1.29, 1.82) is 0 Å². The van der Waals surface area contributed by atoms with E-state index < -0.39 is 158 Å². The van der Waals surface area contributed by atoms with E-state index in [1.807, 2.05) is 0 Å². The van der Waals surface area contributed by atoms with Crippen LogP contribution < -0.4 is 0 Å². The van der Waals surface area contributed by atoms with Crippen LogP contribution in [0.4, 0.5) is 0 Å². The van der Waals surface area contributed by atoms with Crippen molar-refractivity contribution in [3.05, 3.63) is 0 Å². The molecule has 0 saturated carbocycles. The van der Waals surface area contributed by atoms with Gasteiger partial charge in [-0.15, -0.1) is 0 Å². The molecule has 2 rings (SSSR count). The van der Waals surface area contributed by atoms with Gasteiger partial charge in [-0.1, -0.05) is 15.9 Å². The molecule has 0 bridgehead atoms. The van der Waals surface area contributed by atoms with Gasteiger partial charge in [0.05, 0.1) is 13.2 Å². The van der Waals surface area contributed by atoms with Gasteiger partial charge in [0.25, 0.3) is 0 Å². The van der Waals surface area contributed by atoms with Gasteiger partial charge in [0.1, 0.15) is 38.1 Å². The molecule has 2 aliphatic heterocycles. The third kappa shape index (κ3) is 19.0. The van der Waals surface area contributed by atoms with Gasteiger partial charge in [0.15, 0.2) is 60.3 Å². The Hall–Kier alpha value is -5.02. The van der Waals surface area contributed by atoms with Crippen LogP contribution in [0, 0.1) is 0 Å². The van der Waals surface area contributed by atoms with Gasteiger partial charge >= 0.3 is 59.7 Å². The Kier molecular flexibility index (Phi) is 23.0. The van der Waals surface area contributed by atoms with E-state index in [1.54, 1.807) is 0 Å².